The molecule has 1 aliphatic heterocycles. The molecule has 2 nitrogen and oxygen atoms in total. The van der Waals surface area contributed by atoms with Crippen LogP contribution in [0.2, 0.25) is 10.0 Å². The highest BCUT2D eigenvalue weighted by Gasteiger charge is 2.22. The number of rotatable bonds is 4. The predicted octanol–water partition coefficient (Wildman–Crippen LogP) is 4.25. The topological polar surface area (TPSA) is 24.4 Å². The molecule has 19 heavy (non-hydrogen) atoms. The van der Waals surface area contributed by atoms with Crippen molar-refractivity contribution >= 4 is 40.1 Å². The first kappa shape index (κ1) is 15.0. The highest BCUT2D eigenvalue weighted by Crippen LogP contribution is 2.22. The molecular weight excluding hydrogens is 299 g/mol. The third-order valence-corrected chi connectivity index (χ3v) is 4.80. The van der Waals surface area contributed by atoms with E-state index in [9.17, 15) is 0 Å². The summed E-state index contributed by atoms with van der Waals surface area (Å²) in [6.07, 6.45) is 0.841. The third-order valence-electron chi connectivity index (χ3n) is 3.16. The minimum absolute atomic E-state index is 0.544. The molecule has 0 saturated carbocycles. The van der Waals surface area contributed by atoms with Gasteiger partial charge in [-0.25, -0.2) is 0 Å². The highest BCUT2D eigenvalue weighted by atomic mass is 35.5. The second-order valence-corrected chi connectivity index (χ2v) is 6.83. The van der Waals surface area contributed by atoms with Crippen molar-refractivity contribution in [3.8, 4) is 0 Å². The number of thioether (sulfide) groups is 1. The van der Waals surface area contributed by atoms with Gasteiger partial charge in [-0.2, -0.15) is 0 Å². The molecule has 104 valence electrons. The van der Waals surface area contributed by atoms with Crippen LogP contribution in [-0.4, -0.2) is 23.5 Å². The number of hydrogen-bond donors (Lipinski definition) is 1. The summed E-state index contributed by atoms with van der Waals surface area (Å²) in [5, 5.41) is 5.91. The van der Waals surface area contributed by atoms with Crippen molar-refractivity contribution in [2.24, 2.45) is 10.9 Å². The van der Waals surface area contributed by atoms with Gasteiger partial charge in [-0.15, -0.1) is 0 Å². The van der Waals surface area contributed by atoms with Gasteiger partial charge in [-0.3, -0.25) is 4.99 Å². The summed E-state index contributed by atoms with van der Waals surface area (Å²) < 4.78 is 0. The fourth-order valence-corrected chi connectivity index (χ4v) is 3.59. The van der Waals surface area contributed by atoms with E-state index >= 15 is 0 Å². The first-order chi connectivity index (χ1) is 9.06. The Balaban J connectivity index is 1.86. The van der Waals surface area contributed by atoms with Gasteiger partial charge >= 0.3 is 0 Å². The van der Waals surface area contributed by atoms with Crippen LogP contribution in [0.1, 0.15) is 19.4 Å². The molecule has 1 aliphatic rings. The Labute approximate surface area is 129 Å². The normalized spacial score (nSPS) is 21.1. The molecule has 2 rings (SSSR count). The second-order valence-electron chi connectivity index (χ2n) is 4.98. The minimum atomic E-state index is 0.544. The first-order valence-corrected chi connectivity index (χ1v) is 8.18. The monoisotopic (exact) mass is 316 g/mol. The lowest BCUT2D eigenvalue weighted by Gasteiger charge is -2.13. The summed E-state index contributed by atoms with van der Waals surface area (Å²) >= 11 is 13.8. The van der Waals surface area contributed by atoms with Crippen molar-refractivity contribution in [2.75, 3.05) is 12.3 Å². The van der Waals surface area contributed by atoms with Crippen molar-refractivity contribution in [2.45, 2.75) is 26.3 Å². The van der Waals surface area contributed by atoms with E-state index in [0.717, 1.165) is 34.5 Å². The molecule has 1 atom stereocenters. The zero-order valence-electron chi connectivity index (χ0n) is 11.1. The molecule has 0 amide bonds. The van der Waals surface area contributed by atoms with Crippen LogP contribution < -0.4 is 5.32 Å². The molecule has 1 saturated heterocycles. The first-order valence-electron chi connectivity index (χ1n) is 6.44. The van der Waals surface area contributed by atoms with Crippen LogP contribution in [0.4, 0.5) is 0 Å². The van der Waals surface area contributed by atoms with E-state index in [2.05, 4.69) is 24.2 Å². The molecule has 0 radical (unpaired) electrons. The lowest BCUT2D eigenvalue weighted by molar-refractivity contribution is 0.503. The molecule has 0 aliphatic carbocycles. The second kappa shape index (κ2) is 6.87. The van der Waals surface area contributed by atoms with Crippen LogP contribution in [0.25, 0.3) is 0 Å². The summed E-state index contributed by atoms with van der Waals surface area (Å²) in [5.74, 6) is 1.75. The number of nitrogens with zero attached hydrogens (tertiary/aromatic N) is 1. The standard InChI is InChI=1S/C14H18Cl2N2S/c1-9(2)13-8-19-14(18-13)17-6-5-10-3-4-11(15)7-12(10)16/h3-4,7,9,13H,5-6,8H2,1-2H3,(H,17,18). The molecule has 1 fully saturated rings. The Morgan fingerprint density at radius 3 is 2.84 bits per heavy atom. The largest absolute Gasteiger partial charge is 0.361 e. The molecule has 1 heterocycles. The van der Waals surface area contributed by atoms with Crippen LogP contribution in [-0.2, 0) is 6.42 Å². The number of aliphatic imine (C=N–C) groups is 1. The predicted molar refractivity (Wildman–Crippen MR) is 86.7 cm³/mol. The lowest BCUT2D eigenvalue weighted by atomic mass is 10.1. The van der Waals surface area contributed by atoms with E-state index in [-0.39, 0.29) is 0 Å². The van der Waals surface area contributed by atoms with Crippen LogP contribution in [0.3, 0.4) is 0 Å². The molecule has 0 aromatic heterocycles. The van der Waals surface area contributed by atoms with E-state index < -0.39 is 0 Å². The van der Waals surface area contributed by atoms with Gasteiger partial charge in [0.1, 0.15) is 0 Å². The molecule has 1 N–H and O–H groups in total. The Morgan fingerprint density at radius 2 is 2.21 bits per heavy atom. The summed E-state index contributed by atoms with van der Waals surface area (Å²) in [5.41, 5.74) is 1.10. The van der Waals surface area contributed by atoms with Gasteiger partial charge in [0.15, 0.2) is 5.17 Å². The van der Waals surface area contributed by atoms with Gasteiger partial charge in [0, 0.05) is 28.4 Å². The van der Waals surface area contributed by atoms with E-state index in [4.69, 9.17) is 23.2 Å². The molecule has 5 heteroatoms. The molecule has 1 aromatic rings. The SMILES string of the molecule is CC(C)C1CSC(=NCCc2ccc(Cl)cc2Cl)N1. The Morgan fingerprint density at radius 1 is 1.42 bits per heavy atom. The maximum Gasteiger partial charge on any atom is 0.156 e. The van der Waals surface area contributed by atoms with Crippen molar-refractivity contribution in [1.29, 1.82) is 0 Å². The summed E-state index contributed by atoms with van der Waals surface area (Å²) in [7, 11) is 0. The summed E-state index contributed by atoms with van der Waals surface area (Å²) in [4.78, 5) is 4.59. The Bertz CT molecular complexity index is 475. The average Bonchev–Trinajstić information content (AvgIpc) is 2.81. The molecule has 0 spiro atoms. The number of halogens is 2. The maximum atomic E-state index is 6.14. The van der Waals surface area contributed by atoms with Gasteiger partial charge in [0.05, 0.1) is 0 Å². The maximum absolute atomic E-state index is 6.14. The van der Waals surface area contributed by atoms with E-state index in [1.165, 1.54) is 0 Å². The third kappa shape index (κ3) is 4.30. The number of nitrogens with one attached hydrogen (secondary N) is 1. The quantitative estimate of drug-likeness (QED) is 0.897. The number of hydrogen-bond acceptors (Lipinski definition) is 2. The van der Waals surface area contributed by atoms with Gasteiger partial charge < -0.3 is 5.32 Å². The summed E-state index contributed by atoms with van der Waals surface area (Å²) in [6, 6.07) is 6.16. The van der Waals surface area contributed by atoms with Gasteiger partial charge in [0.25, 0.3) is 0 Å². The highest BCUT2D eigenvalue weighted by molar-refractivity contribution is 8.14. The van der Waals surface area contributed by atoms with Gasteiger partial charge in [-0.1, -0.05) is 54.9 Å². The number of benzene rings is 1. The molecule has 1 unspecified atom stereocenters. The van der Waals surface area contributed by atoms with E-state index in [0.29, 0.717) is 17.0 Å². The van der Waals surface area contributed by atoms with Crippen molar-refractivity contribution in [1.82, 2.24) is 5.32 Å². The summed E-state index contributed by atoms with van der Waals surface area (Å²) in [6.45, 7) is 5.21. The van der Waals surface area contributed by atoms with Crippen molar-refractivity contribution in [3.63, 3.8) is 0 Å². The van der Waals surface area contributed by atoms with Crippen molar-refractivity contribution < 1.29 is 0 Å². The Kier molecular flexibility index (Phi) is 5.43. The van der Waals surface area contributed by atoms with Crippen molar-refractivity contribution in [3.05, 3.63) is 33.8 Å². The van der Waals surface area contributed by atoms with Crippen LogP contribution in [0.15, 0.2) is 23.2 Å². The van der Waals surface area contributed by atoms with E-state index in [1.807, 2.05) is 12.1 Å². The van der Waals surface area contributed by atoms with Crippen LogP contribution in [0.5, 0.6) is 0 Å². The van der Waals surface area contributed by atoms with E-state index in [1.54, 1.807) is 17.8 Å². The minimum Gasteiger partial charge on any atom is -0.361 e. The van der Waals surface area contributed by atoms with Crippen LogP contribution >= 0.6 is 35.0 Å². The molecule has 1 aromatic carbocycles. The molecular formula is C14H18Cl2N2S. The van der Waals surface area contributed by atoms with Crippen LogP contribution in [0, 0.1) is 5.92 Å². The average molecular weight is 317 g/mol. The zero-order valence-corrected chi connectivity index (χ0v) is 13.4. The van der Waals surface area contributed by atoms with Gasteiger partial charge in [-0.05, 0) is 30.0 Å². The number of amidine groups is 1. The molecule has 0 bridgehead atoms. The smallest absolute Gasteiger partial charge is 0.156 e. The zero-order chi connectivity index (χ0) is 13.8. The fourth-order valence-electron chi connectivity index (χ4n) is 1.86. The lowest BCUT2D eigenvalue weighted by Crippen LogP contribution is -2.31. The van der Waals surface area contributed by atoms with Gasteiger partial charge in [0.2, 0.25) is 0 Å². The fraction of sp³-hybridized carbons (Fsp3) is 0.500. The Hall–Kier alpha value is -0.380.